The van der Waals surface area contributed by atoms with Crippen LogP contribution in [0.5, 0.6) is 0 Å². The molecule has 1 aliphatic heterocycles. The van der Waals surface area contributed by atoms with Crippen LogP contribution >= 0.6 is 15.9 Å². The first-order chi connectivity index (χ1) is 10.3. The highest BCUT2D eigenvalue weighted by molar-refractivity contribution is 9.10. The van der Waals surface area contributed by atoms with E-state index >= 15 is 0 Å². The van der Waals surface area contributed by atoms with Gasteiger partial charge in [0.25, 0.3) is 0 Å². The van der Waals surface area contributed by atoms with Crippen LogP contribution < -0.4 is 4.90 Å². The van der Waals surface area contributed by atoms with E-state index in [1.165, 1.54) is 11.3 Å². The minimum absolute atomic E-state index is 0.915. The number of anilines is 2. The highest BCUT2D eigenvalue weighted by atomic mass is 79.9. The van der Waals surface area contributed by atoms with Crippen LogP contribution in [0.25, 0.3) is 0 Å². The number of halogens is 1. The lowest BCUT2D eigenvalue weighted by atomic mass is 10.1. The van der Waals surface area contributed by atoms with Gasteiger partial charge in [-0.2, -0.15) is 0 Å². The highest BCUT2D eigenvalue weighted by Crippen LogP contribution is 2.34. The lowest BCUT2D eigenvalue weighted by molar-refractivity contribution is 1.16. The zero-order valence-electron chi connectivity index (χ0n) is 11.7. The van der Waals surface area contributed by atoms with E-state index in [0.717, 1.165) is 22.3 Å². The zero-order chi connectivity index (χ0) is 14.7. The number of fused-ring (bicyclic) bond motifs is 1. The highest BCUT2D eigenvalue weighted by Gasteiger charge is 2.15. The van der Waals surface area contributed by atoms with Gasteiger partial charge in [-0.25, -0.2) is 0 Å². The molecule has 0 bridgehead atoms. The first kappa shape index (κ1) is 13.9. The fourth-order valence-corrected chi connectivity index (χ4v) is 2.88. The van der Waals surface area contributed by atoms with E-state index in [0.29, 0.717) is 0 Å². The van der Waals surface area contributed by atoms with E-state index in [9.17, 15) is 0 Å². The number of hydrogen-bond acceptors (Lipinski definition) is 1. The van der Waals surface area contributed by atoms with E-state index in [4.69, 9.17) is 0 Å². The van der Waals surface area contributed by atoms with Gasteiger partial charge >= 0.3 is 0 Å². The van der Waals surface area contributed by atoms with Crippen LogP contribution in [0.1, 0.15) is 5.56 Å². The molecule has 0 spiro atoms. The van der Waals surface area contributed by atoms with E-state index in [1.807, 2.05) is 24.3 Å². The number of para-hydroxylation sites is 1. The standard InChI is InChI=1S/C19H16BrN/c1-15-8-3-2-4-9-16-10-5-6-13-19(16)21(15)18-12-7-11-17(20)14-18/h2-8,10-14H,1,9H2/b4-2-,8-3-. The molecule has 1 nitrogen and oxygen atoms in total. The number of nitrogens with zero attached hydrogens (tertiary/aromatic N) is 1. The minimum atomic E-state index is 0.915. The lowest BCUT2D eigenvalue weighted by Gasteiger charge is -2.27. The molecule has 21 heavy (non-hydrogen) atoms. The van der Waals surface area contributed by atoms with Crippen LogP contribution in [0.15, 0.2) is 89.6 Å². The van der Waals surface area contributed by atoms with Gasteiger partial charge in [-0.1, -0.05) is 65.0 Å². The molecule has 104 valence electrons. The number of rotatable bonds is 1. The predicted molar refractivity (Wildman–Crippen MR) is 93.8 cm³/mol. The predicted octanol–water partition coefficient (Wildman–Crippen LogP) is 5.77. The van der Waals surface area contributed by atoms with Crippen molar-refractivity contribution in [2.45, 2.75) is 6.42 Å². The van der Waals surface area contributed by atoms with Crippen molar-refractivity contribution < 1.29 is 0 Å². The van der Waals surface area contributed by atoms with Gasteiger partial charge in [-0.05, 0) is 42.3 Å². The molecule has 0 N–H and O–H groups in total. The van der Waals surface area contributed by atoms with Gasteiger partial charge in [0, 0.05) is 21.5 Å². The SMILES string of the molecule is C=C1/C=C\C=C/Cc2ccccc2N1c1cccc(Br)c1. The lowest BCUT2D eigenvalue weighted by Crippen LogP contribution is -2.15. The Bertz CT molecular complexity index is 728. The third-order valence-electron chi connectivity index (χ3n) is 3.46. The summed E-state index contributed by atoms with van der Waals surface area (Å²) < 4.78 is 1.06. The fourth-order valence-electron chi connectivity index (χ4n) is 2.49. The quantitative estimate of drug-likeness (QED) is 0.638. The molecular weight excluding hydrogens is 322 g/mol. The maximum Gasteiger partial charge on any atom is 0.0496 e. The number of hydrogen-bond donors (Lipinski definition) is 0. The van der Waals surface area contributed by atoms with Crippen LogP contribution in [-0.4, -0.2) is 0 Å². The average molecular weight is 338 g/mol. The second-order valence-corrected chi connectivity index (χ2v) is 5.84. The Hall–Kier alpha value is -2.06. The van der Waals surface area contributed by atoms with Gasteiger partial charge < -0.3 is 4.90 Å². The number of benzene rings is 2. The van der Waals surface area contributed by atoms with Gasteiger partial charge in [-0.15, -0.1) is 0 Å². The fraction of sp³-hybridized carbons (Fsp3) is 0.0526. The van der Waals surface area contributed by atoms with Crippen LogP contribution in [-0.2, 0) is 6.42 Å². The molecule has 1 heterocycles. The molecule has 0 aliphatic carbocycles. The van der Waals surface area contributed by atoms with Crippen molar-refractivity contribution in [3.8, 4) is 0 Å². The summed E-state index contributed by atoms with van der Waals surface area (Å²) in [7, 11) is 0. The second-order valence-electron chi connectivity index (χ2n) is 4.93. The van der Waals surface area contributed by atoms with Crippen molar-refractivity contribution >= 4 is 27.3 Å². The minimum Gasteiger partial charge on any atom is -0.311 e. The molecule has 0 fully saturated rings. The first-order valence-corrected chi connectivity index (χ1v) is 7.71. The van der Waals surface area contributed by atoms with Gasteiger partial charge in [0.05, 0.1) is 0 Å². The summed E-state index contributed by atoms with van der Waals surface area (Å²) >= 11 is 3.55. The monoisotopic (exact) mass is 337 g/mol. The van der Waals surface area contributed by atoms with Crippen molar-refractivity contribution in [1.82, 2.24) is 0 Å². The summed E-state index contributed by atoms with van der Waals surface area (Å²) in [4.78, 5) is 2.20. The summed E-state index contributed by atoms with van der Waals surface area (Å²) in [5.41, 5.74) is 4.52. The van der Waals surface area contributed by atoms with Gasteiger partial charge in [0.15, 0.2) is 0 Å². The average Bonchev–Trinajstić information content (AvgIpc) is 2.56. The Morgan fingerprint density at radius 2 is 1.86 bits per heavy atom. The molecule has 0 saturated heterocycles. The summed E-state index contributed by atoms with van der Waals surface area (Å²) in [6, 6.07) is 16.8. The molecule has 1 aliphatic rings. The summed E-state index contributed by atoms with van der Waals surface area (Å²) in [5, 5.41) is 0. The van der Waals surface area contributed by atoms with E-state index in [2.05, 4.69) is 76.0 Å². The van der Waals surface area contributed by atoms with Crippen molar-refractivity contribution in [2.75, 3.05) is 4.90 Å². The van der Waals surface area contributed by atoms with Crippen LogP contribution in [0.4, 0.5) is 11.4 Å². The molecule has 2 aromatic carbocycles. The smallest absolute Gasteiger partial charge is 0.0496 e. The first-order valence-electron chi connectivity index (χ1n) is 6.91. The molecule has 0 saturated carbocycles. The summed E-state index contributed by atoms with van der Waals surface area (Å²) in [6.45, 7) is 4.23. The van der Waals surface area contributed by atoms with E-state index < -0.39 is 0 Å². The summed E-state index contributed by atoms with van der Waals surface area (Å²) in [5.74, 6) is 0. The Balaban J connectivity index is 2.18. The largest absolute Gasteiger partial charge is 0.311 e. The normalized spacial score (nSPS) is 17.4. The zero-order valence-corrected chi connectivity index (χ0v) is 13.3. The Morgan fingerprint density at radius 3 is 2.71 bits per heavy atom. The van der Waals surface area contributed by atoms with Crippen LogP contribution in [0.3, 0.4) is 0 Å². The molecule has 2 aromatic rings. The molecular formula is C19H16BrN. The van der Waals surface area contributed by atoms with Crippen molar-refractivity contribution in [1.29, 1.82) is 0 Å². The maximum atomic E-state index is 4.23. The molecule has 0 unspecified atom stereocenters. The third-order valence-corrected chi connectivity index (χ3v) is 3.95. The number of allylic oxidation sites excluding steroid dienone is 4. The van der Waals surface area contributed by atoms with Crippen molar-refractivity contribution in [2.24, 2.45) is 0 Å². The van der Waals surface area contributed by atoms with E-state index in [-0.39, 0.29) is 0 Å². The molecule has 3 rings (SSSR count). The maximum absolute atomic E-state index is 4.23. The van der Waals surface area contributed by atoms with Crippen LogP contribution in [0.2, 0.25) is 0 Å². The second kappa shape index (κ2) is 6.15. The van der Waals surface area contributed by atoms with Crippen molar-refractivity contribution in [3.63, 3.8) is 0 Å². The Labute approximate surface area is 134 Å². The summed E-state index contributed by atoms with van der Waals surface area (Å²) in [6.07, 6.45) is 9.25. The Kier molecular flexibility index (Phi) is 4.07. The molecule has 0 atom stereocenters. The molecule has 0 aromatic heterocycles. The van der Waals surface area contributed by atoms with Gasteiger partial charge in [-0.3, -0.25) is 0 Å². The van der Waals surface area contributed by atoms with Gasteiger partial charge in [0.2, 0.25) is 0 Å². The topological polar surface area (TPSA) is 3.24 Å². The van der Waals surface area contributed by atoms with Crippen molar-refractivity contribution in [3.05, 3.63) is 95.1 Å². The molecule has 0 amide bonds. The Morgan fingerprint density at radius 1 is 1.00 bits per heavy atom. The molecule has 0 radical (unpaired) electrons. The van der Waals surface area contributed by atoms with E-state index in [1.54, 1.807) is 0 Å². The third kappa shape index (κ3) is 3.01. The molecule has 2 heteroatoms. The van der Waals surface area contributed by atoms with Crippen LogP contribution in [0, 0.1) is 0 Å². The van der Waals surface area contributed by atoms with Gasteiger partial charge in [0.1, 0.15) is 0 Å².